The Morgan fingerprint density at radius 1 is 1.35 bits per heavy atom. The molecule has 3 heteroatoms. The maximum atomic E-state index is 11.0. The Labute approximate surface area is 106 Å². The molecule has 0 bridgehead atoms. The largest absolute Gasteiger partial charge is 0.457 e. The summed E-state index contributed by atoms with van der Waals surface area (Å²) in [6.07, 6.45) is 3.66. The van der Waals surface area contributed by atoms with Crippen LogP contribution in [-0.4, -0.2) is 42.7 Å². The van der Waals surface area contributed by atoms with Gasteiger partial charge in [0.15, 0.2) is 0 Å². The topological polar surface area (TPSA) is 26.3 Å². The van der Waals surface area contributed by atoms with Gasteiger partial charge < -0.3 is 9.22 Å². The fraction of sp³-hybridized carbons (Fsp3) is 0.786. The van der Waals surface area contributed by atoms with Crippen LogP contribution in [0.5, 0.6) is 0 Å². The van der Waals surface area contributed by atoms with Gasteiger partial charge in [-0.15, -0.1) is 0 Å². The van der Waals surface area contributed by atoms with Crippen LogP contribution in [0.4, 0.5) is 0 Å². The van der Waals surface area contributed by atoms with E-state index in [1.54, 1.807) is 0 Å². The average Bonchev–Trinajstić information content (AvgIpc) is 2.33. The van der Waals surface area contributed by atoms with Crippen molar-refractivity contribution in [3.8, 4) is 0 Å². The molecule has 1 atom stereocenters. The van der Waals surface area contributed by atoms with E-state index in [1.165, 1.54) is 18.9 Å². The van der Waals surface area contributed by atoms with Gasteiger partial charge in [0.2, 0.25) is 0 Å². The lowest BCUT2D eigenvalue weighted by atomic mass is 10.1. The van der Waals surface area contributed by atoms with Crippen LogP contribution in [0, 0.1) is 0 Å². The quantitative estimate of drug-likeness (QED) is 0.353. The number of carbonyl (C=O) groups is 1. The van der Waals surface area contributed by atoms with Crippen molar-refractivity contribution >= 4 is 5.97 Å². The van der Waals surface area contributed by atoms with Crippen molar-refractivity contribution < 1.29 is 14.0 Å². The zero-order chi connectivity index (χ0) is 13.3. The van der Waals surface area contributed by atoms with Crippen molar-refractivity contribution in [2.75, 3.05) is 26.2 Å². The predicted octanol–water partition coefficient (Wildman–Crippen LogP) is 2.76. The number of carbonyl (C=O) groups excluding carboxylic acids is 1. The summed E-state index contributed by atoms with van der Waals surface area (Å²) in [5.74, 6) is -0.321. The second-order valence-corrected chi connectivity index (χ2v) is 4.80. The van der Waals surface area contributed by atoms with Crippen LogP contribution in [0.15, 0.2) is 12.7 Å². The van der Waals surface area contributed by atoms with Gasteiger partial charge in [0.1, 0.15) is 13.2 Å². The lowest BCUT2D eigenvalue weighted by molar-refractivity contribution is -0.946. The van der Waals surface area contributed by atoms with Gasteiger partial charge in [0.25, 0.3) is 0 Å². The molecular formula is C14H28NO2+. The lowest BCUT2D eigenvalue weighted by Crippen LogP contribution is -2.55. The Balaban J connectivity index is 4.35. The van der Waals surface area contributed by atoms with Crippen LogP contribution in [-0.2, 0) is 9.53 Å². The van der Waals surface area contributed by atoms with Crippen molar-refractivity contribution in [3.63, 3.8) is 0 Å². The lowest BCUT2D eigenvalue weighted by Gasteiger charge is -2.41. The summed E-state index contributed by atoms with van der Waals surface area (Å²) in [6, 6.07) is 0.564. The number of unbranched alkanes of at least 4 members (excludes halogenated alkanes) is 1. The van der Waals surface area contributed by atoms with Crippen molar-refractivity contribution in [2.45, 2.75) is 46.6 Å². The van der Waals surface area contributed by atoms with Gasteiger partial charge in [-0.05, 0) is 27.2 Å². The van der Waals surface area contributed by atoms with Gasteiger partial charge in [-0.2, -0.15) is 0 Å². The van der Waals surface area contributed by atoms with Crippen molar-refractivity contribution in [2.24, 2.45) is 0 Å². The Bertz CT molecular complexity index is 238. The van der Waals surface area contributed by atoms with Crippen LogP contribution in [0.1, 0.15) is 40.5 Å². The highest BCUT2D eigenvalue weighted by Crippen LogP contribution is 2.15. The van der Waals surface area contributed by atoms with Crippen LogP contribution < -0.4 is 0 Å². The van der Waals surface area contributed by atoms with Gasteiger partial charge >= 0.3 is 5.97 Å². The van der Waals surface area contributed by atoms with Gasteiger partial charge in [0.05, 0.1) is 19.1 Å². The number of likely N-dealkylation sites (N-methyl/N-ethyl adjacent to an activating group) is 1. The molecule has 100 valence electrons. The Hall–Kier alpha value is -0.830. The number of hydrogen-bond acceptors (Lipinski definition) is 2. The Kier molecular flexibility index (Phi) is 7.88. The Morgan fingerprint density at radius 2 is 2.00 bits per heavy atom. The van der Waals surface area contributed by atoms with E-state index in [4.69, 9.17) is 4.74 Å². The van der Waals surface area contributed by atoms with E-state index in [9.17, 15) is 4.79 Å². The minimum absolute atomic E-state index is 0.321. The molecule has 0 aliphatic rings. The van der Waals surface area contributed by atoms with Crippen molar-refractivity contribution in [1.82, 2.24) is 0 Å². The van der Waals surface area contributed by atoms with Gasteiger partial charge in [-0.3, -0.25) is 0 Å². The number of esters is 1. The molecule has 0 aliphatic heterocycles. The van der Waals surface area contributed by atoms with Crippen LogP contribution in [0.3, 0.4) is 0 Å². The maximum absolute atomic E-state index is 11.0. The molecule has 3 nitrogen and oxygen atoms in total. The van der Waals surface area contributed by atoms with E-state index in [0.717, 1.165) is 24.1 Å². The molecule has 17 heavy (non-hydrogen) atoms. The summed E-state index contributed by atoms with van der Waals surface area (Å²) in [6.45, 7) is 15.9. The molecule has 0 saturated heterocycles. The van der Waals surface area contributed by atoms with Gasteiger partial charge in [-0.25, -0.2) is 4.79 Å². The molecule has 0 amide bonds. The summed E-state index contributed by atoms with van der Waals surface area (Å²) in [4.78, 5) is 11.0. The van der Waals surface area contributed by atoms with E-state index in [-0.39, 0.29) is 5.97 Å². The van der Waals surface area contributed by atoms with Gasteiger partial charge in [-0.1, -0.05) is 19.9 Å². The van der Waals surface area contributed by atoms with Crippen LogP contribution in [0.2, 0.25) is 0 Å². The highest BCUT2D eigenvalue weighted by atomic mass is 16.5. The summed E-state index contributed by atoms with van der Waals surface area (Å²) in [5, 5.41) is 0. The first-order chi connectivity index (χ1) is 8.02. The summed E-state index contributed by atoms with van der Waals surface area (Å²) in [5.41, 5.74) is 0. The minimum Gasteiger partial charge on any atom is -0.457 e. The molecule has 0 rings (SSSR count). The highest BCUT2D eigenvalue weighted by molar-refractivity contribution is 5.81. The molecular weight excluding hydrogens is 214 g/mol. The molecule has 1 unspecified atom stereocenters. The van der Waals surface area contributed by atoms with E-state index >= 15 is 0 Å². The number of nitrogens with zero attached hydrogens (tertiary/aromatic N) is 1. The first-order valence-corrected chi connectivity index (χ1v) is 6.67. The van der Waals surface area contributed by atoms with Crippen LogP contribution in [0.25, 0.3) is 0 Å². The van der Waals surface area contributed by atoms with E-state index in [0.29, 0.717) is 12.6 Å². The molecule has 0 aromatic heterocycles. The molecule has 0 fully saturated rings. The number of quaternary nitrogens is 1. The summed E-state index contributed by atoms with van der Waals surface area (Å²) in [7, 11) is 0. The van der Waals surface area contributed by atoms with Crippen molar-refractivity contribution in [3.05, 3.63) is 12.7 Å². The molecule has 0 N–H and O–H groups in total. The van der Waals surface area contributed by atoms with E-state index < -0.39 is 0 Å². The molecule has 0 spiro atoms. The SMILES string of the molecule is C=CC(=O)OCC[N+](CC)(CCCC)C(C)C. The fourth-order valence-corrected chi connectivity index (χ4v) is 2.17. The molecule has 0 saturated carbocycles. The minimum atomic E-state index is -0.321. The zero-order valence-corrected chi connectivity index (χ0v) is 11.9. The first-order valence-electron chi connectivity index (χ1n) is 6.67. The molecule has 0 radical (unpaired) electrons. The zero-order valence-electron chi connectivity index (χ0n) is 11.9. The molecule has 0 aromatic carbocycles. The number of ether oxygens (including phenoxy) is 1. The first kappa shape index (κ1) is 16.2. The third-order valence-electron chi connectivity index (χ3n) is 3.63. The number of hydrogen-bond donors (Lipinski definition) is 0. The van der Waals surface area contributed by atoms with Crippen molar-refractivity contribution in [1.29, 1.82) is 0 Å². The number of rotatable bonds is 9. The predicted molar refractivity (Wildman–Crippen MR) is 71.7 cm³/mol. The third-order valence-corrected chi connectivity index (χ3v) is 3.63. The van der Waals surface area contributed by atoms with Gasteiger partial charge in [0, 0.05) is 6.08 Å². The maximum Gasteiger partial charge on any atom is 0.330 e. The highest BCUT2D eigenvalue weighted by Gasteiger charge is 2.28. The monoisotopic (exact) mass is 242 g/mol. The van der Waals surface area contributed by atoms with E-state index in [1.807, 2.05) is 0 Å². The average molecular weight is 242 g/mol. The smallest absolute Gasteiger partial charge is 0.330 e. The standard InChI is InChI=1S/C14H28NO2/c1-6-9-10-15(8-3,13(4)5)11-12-17-14(16)7-2/h7,13H,2,6,8-12H2,1,3-5H3/q+1. The second-order valence-electron chi connectivity index (χ2n) is 4.80. The molecule has 0 aromatic rings. The normalized spacial score (nSPS) is 14.4. The fourth-order valence-electron chi connectivity index (χ4n) is 2.17. The summed E-state index contributed by atoms with van der Waals surface area (Å²) >= 11 is 0. The molecule has 0 heterocycles. The summed E-state index contributed by atoms with van der Waals surface area (Å²) < 4.78 is 6.13. The second kappa shape index (κ2) is 8.29. The third kappa shape index (κ3) is 5.35. The Morgan fingerprint density at radius 3 is 2.41 bits per heavy atom. The molecule has 0 aliphatic carbocycles. The van der Waals surface area contributed by atoms with E-state index in [2.05, 4.69) is 34.3 Å². The van der Waals surface area contributed by atoms with Crippen LogP contribution >= 0.6 is 0 Å².